The van der Waals surface area contributed by atoms with E-state index in [1.54, 1.807) is 4.90 Å². The predicted octanol–water partition coefficient (Wildman–Crippen LogP) is -0.699. The number of rotatable bonds is 3. The van der Waals surface area contributed by atoms with Gasteiger partial charge in [-0.25, -0.2) is 5.48 Å². The molecule has 0 radical (unpaired) electrons. The second-order valence-electron chi connectivity index (χ2n) is 4.19. The summed E-state index contributed by atoms with van der Waals surface area (Å²) in [6.45, 7) is 3.70. The maximum absolute atomic E-state index is 11.5. The lowest BCUT2D eigenvalue weighted by molar-refractivity contribution is -0.152. The Morgan fingerprint density at radius 3 is 2.75 bits per heavy atom. The molecule has 2 aliphatic heterocycles. The fourth-order valence-electron chi connectivity index (χ4n) is 1.73. The molecule has 90 valence electrons. The Morgan fingerprint density at radius 1 is 1.44 bits per heavy atom. The molecule has 1 N–H and O–H groups in total. The van der Waals surface area contributed by atoms with E-state index in [9.17, 15) is 9.59 Å². The zero-order chi connectivity index (χ0) is 11.5. The van der Waals surface area contributed by atoms with E-state index in [4.69, 9.17) is 9.57 Å². The molecule has 2 rings (SSSR count). The van der Waals surface area contributed by atoms with Crippen LogP contribution in [-0.2, 0) is 19.2 Å². The molecule has 1 unspecified atom stereocenters. The van der Waals surface area contributed by atoms with Gasteiger partial charge in [0.05, 0.1) is 12.5 Å². The number of likely N-dealkylation sites (tertiary alicyclic amines) is 1. The average molecular weight is 228 g/mol. The van der Waals surface area contributed by atoms with Gasteiger partial charge in [0.15, 0.2) is 0 Å². The molecule has 1 atom stereocenters. The fourth-order valence-corrected chi connectivity index (χ4v) is 1.73. The van der Waals surface area contributed by atoms with Gasteiger partial charge in [-0.05, 0) is 0 Å². The SMILES string of the molecule is CC(=O)N1CC(C(=O)NOC2CCOC2)C1. The van der Waals surface area contributed by atoms with Gasteiger partial charge in [0, 0.05) is 33.0 Å². The van der Waals surface area contributed by atoms with Crippen molar-refractivity contribution in [1.29, 1.82) is 0 Å². The number of hydrogen-bond donors (Lipinski definition) is 1. The Morgan fingerprint density at radius 2 is 2.19 bits per heavy atom. The molecule has 2 fully saturated rings. The first-order valence-corrected chi connectivity index (χ1v) is 5.45. The first-order chi connectivity index (χ1) is 7.66. The van der Waals surface area contributed by atoms with Gasteiger partial charge in [-0.15, -0.1) is 0 Å². The van der Waals surface area contributed by atoms with Crippen LogP contribution in [0.15, 0.2) is 0 Å². The van der Waals surface area contributed by atoms with Crippen molar-refractivity contribution in [1.82, 2.24) is 10.4 Å². The Kier molecular flexibility index (Phi) is 3.40. The second kappa shape index (κ2) is 4.80. The largest absolute Gasteiger partial charge is 0.379 e. The Balaban J connectivity index is 1.64. The molecule has 2 aliphatic rings. The van der Waals surface area contributed by atoms with Crippen LogP contribution >= 0.6 is 0 Å². The summed E-state index contributed by atoms with van der Waals surface area (Å²) in [7, 11) is 0. The van der Waals surface area contributed by atoms with Crippen molar-refractivity contribution >= 4 is 11.8 Å². The zero-order valence-corrected chi connectivity index (χ0v) is 9.27. The van der Waals surface area contributed by atoms with Crippen LogP contribution < -0.4 is 5.48 Å². The molecule has 2 amide bonds. The van der Waals surface area contributed by atoms with Gasteiger partial charge in [0.1, 0.15) is 6.10 Å². The fraction of sp³-hybridized carbons (Fsp3) is 0.800. The normalized spacial score (nSPS) is 25.3. The van der Waals surface area contributed by atoms with E-state index in [1.165, 1.54) is 6.92 Å². The molecule has 6 heteroatoms. The van der Waals surface area contributed by atoms with Crippen molar-refractivity contribution in [3.63, 3.8) is 0 Å². The summed E-state index contributed by atoms with van der Waals surface area (Å²) in [5.74, 6) is -0.273. The molecular weight excluding hydrogens is 212 g/mol. The van der Waals surface area contributed by atoms with Crippen molar-refractivity contribution in [2.24, 2.45) is 5.92 Å². The highest BCUT2D eigenvalue weighted by Gasteiger charge is 2.34. The monoisotopic (exact) mass is 228 g/mol. The lowest BCUT2D eigenvalue weighted by Gasteiger charge is -2.37. The summed E-state index contributed by atoms with van der Waals surface area (Å²) >= 11 is 0. The molecule has 2 saturated heterocycles. The Labute approximate surface area is 93.8 Å². The molecule has 2 heterocycles. The lowest BCUT2D eigenvalue weighted by atomic mass is 10.00. The van der Waals surface area contributed by atoms with E-state index in [-0.39, 0.29) is 23.8 Å². The number of nitrogens with zero attached hydrogens (tertiary/aromatic N) is 1. The summed E-state index contributed by atoms with van der Waals surface area (Å²) in [6, 6.07) is 0. The third kappa shape index (κ3) is 2.51. The predicted molar refractivity (Wildman–Crippen MR) is 54.2 cm³/mol. The minimum atomic E-state index is -0.149. The van der Waals surface area contributed by atoms with Crippen molar-refractivity contribution in [3.05, 3.63) is 0 Å². The minimum Gasteiger partial charge on any atom is -0.379 e. The molecular formula is C10H16N2O4. The maximum atomic E-state index is 11.5. The van der Waals surface area contributed by atoms with E-state index in [0.717, 1.165) is 6.42 Å². The van der Waals surface area contributed by atoms with Crippen molar-refractivity contribution < 1.29 is 19.2 Å². The molecule has 0 aliphatic carbocycles. The molecule has 0 aromatic rings. The highest BCUT2D eigenvalue weighted by molar-refractivity contribution is 5.82. The molecule has 0 saturated carbocycles. The highest BCUT2D eigenvalue weighted by Crippen LogP contribution is 2.15. The number of hydrogen-bond acceptors (Lipinski definition) is 4. The van der Waals surface area contributed by atoms with Crippen LogP contribution in [0.5, 0.6) is 0 Å². The van der Waals surface area contributed by atoms with Gasteiger partial charge in [-0.3, -0.25) is 14.4 Å². The number of ether oxygens (including phenoxy) is 1. The standard InChI is InChI=1S/C10H16N2O4/c1-7(13)12-4-8(5-12)10(14)11-16-9-2-3-15-6-9/h8-9H,2-6H2,1H3,(H,11,14). The zero-order valence-electron chi connectivity index (χ0n) is 9.27. The number of carbonyl (C=O) groups is 2. The Hall–Kier alpha value is -1.14. The number of carbonyl (C=O) groups excluding carboxylic acids is 2. The first kappa shape index (κ1) is 11.3. The summed E-state index contributed by atoms with van der Waals surface area (Å²) in [5, 5.41) is 0. The maximum Gasteiger partial charge on any atom is 0.250 e. The third-order valence-corrected chi connectivity index (χ3v) is 2.91. The van der Waals surface area contributed by atoms with Crippen LogP contribution in [0.3, 0.4) is 0 Å². The molecule has 0 aromatic carbocycles. The third-order valence-electron chi connectivity index (χ3n) is 2.91. The van der Waals surface area contributed by atoms with Gasteiger partial charge in [0.25, 0.3) is 0 Å². The highest BCUT2D eigenvalue weighted by atomic mass is 16.7. The first-order valence-electron chi connectivity index (χ1n) is 5.45. The molecule has 16 heavy (non-hydrogen) atoms. The summed E-state index contributed by atoms with van der Waals surface area (Å²) in [6.07, 6.45) is 0.776. The summed E-state index contributed by atoms with van der Waals surface area (Å²) in [5.41, 5.74) is 2.43. The van der Waals surface area contributed by atoms with E-state index < -0.39 is 0 Å². The van der Waals surface area contributed by atoms with Crippen LogP contribution in [-0.4, -0.2) is 49.1 Å². The van der Waals surface area contributed by atoms with Crippen molar-refractivity contribution in [3.8, 4) is 0 Å². The number of hydroxylamine groups is 1. The van der Waals surface area contributed by atoms with Crippen molar-refractivity contribution in [2.75, 3.05) is 26.3 Å². The van der Waals surface area contributed by atoms with Gasteiger partial charge < -0.3 is 9.64 Å². The van der Waals surface area contributed by atoms with E-state index in [2.05, 4.69) is 5.48 Å². The van der Waals surface area contributed by atoms with Crippen molar-refractivity contribution in [2.45, 2.75) is 19.4 Å². The van der Waals surface area contributed by atoms with Gasteiger partial charge in [0.2, 0.25) is 11.8 Å². The molecule has 0 aromatic heterocycles. The summed E-state index contributed by atoms with van der Waals surface area (Å²) < 4.78 is 5.11. The van der Waals surface area contributed by atoms with Crippen LogP contribution in [0.2, 0.25) is 0 Å². The second-order valence-corrected chi connectivity index (χ2v) is 4.19. The van der Waals surface area contributed by atoms with Crippen LogP contribution in [0, 0.1) is 5.92 Å². The van der Waals surface area contributed by atoms with Gasteiger partial charge in [-0.2, -0.15) is 0 Å². The molecule has 6 nitrogen and oxygen atoms in total. The van der Waals surface area contributed by atoms with Crippen LogP contribution in [0.1, 0.15) is 13.3 Å². The molecule has 0 bridgehead atoms. The van der Waals surface area contributed by atoms with Crippen LogP contribution in [0.4, 0.5) is 0 Å². The smallest absolute Gasteiger partial charge is 0.250 e. The molecule has 0 spiro atoms. The van der Waals surface area contributed by atoms with E-state index >= 15 is 0 Å². The Bertz CT molecular complexity index is 283. The topological polar surface area (TPSA) is 67.9 Å². The quantitative estimate of drug-likeness (QED) is 0.649. The lowest BCUT2D eigenvalue weighted by Crippen LogP contribution is -2.55. The summed E-state index contributed by atoms with van der Waals surface area (Å²) in [4.78, 5) is 29.3. The van der Waals surface area contributed by atoms with E-state index in [0.29, 0.717) is 26.3 Å². The van der Waals surface area contributed by atoms with Gasteiger partial charge >= 0.3 is 0 Å². The average Bonchev–Trinajstić information content (AvgIpc) is 2.63. The van der Waals surface area contributed by atoms with Crippen LogP contribution in [0.25, 0.3) is 0 Å². The number of nitrogens with one attached hydrogen (secondary N) is 1. The number of amides is 2. The minimum absolute atomic E-state index is 0.00848. The van der Waals surface area contributed by atoms with Gasteiger partial charge in [-0.1, -0.05) is 0 Å². The van der Waals surface area contributed by atoms with E-state index in [1.807, 2.05) is 0 Å².